The standard InChI is InChI=1S/C22H25N3O2/c1-15-9-10-19-18(16(15)2)13-20(24-19)22(27)23-12-11-21(26)25(3)14-17-7-5-4-6-8-17/h4-10,13,24H,11-12,14H2,1-3H3,(H,23,27). The second-order valence-corrected chi connectivity index (χ2v) is 6.89. The van der Waals surface area contributed by atoms with Gasteiger partial charge in [0.15, 0.2) is 0 Å². The average Bonchev–Trinajstić information content (AvgIpc) is 3.10. The third kappa shape index (κ3) is 4.37. The summed E-state index contributed by atoms with van der Waals surface area (Å²) in [5.41, 5.74) is 4.91. The Morgan fingerprint density at radius 1 is 1.07 bits per heavy atom. The van der Waals surface area contributed by atoms with Crippen LogP contribution in [0.3, 0.4) is 0 Å². The maximum Gasteiger partial charge on any atom is 0.267 e. The number of rotatable bonds is 6. The summed E-state index contributed by atoms with van der Waals surface area (Å²) in [5.74, 6) is -0.191. The number of carbonyl (C=O) groups is 2. The van der Waals surface area contributed by atoms with Gasteiger partial charge in [0.05, 0.1) is 0 Å². The molecule has 0 spiro atoms. The molecule has 5 nitrogen and oxygen atoms in total. The Morgan fingerprint density at radius 3 is 2.56 bits per heavy atom. The van der Waals surface area contributed by atoms with Gasteiger partial charge in [0.25, 0.3) is 5.91 Å². The zero-order valence-electron chi connectivity index (χ0n) is 16.0. The molecule has 0 radical (unpaired) electrons. The van der Waals surface area contributed by atoms with Gasteiger partial charge in [-0.2, -0.15) is 0 Å². The van der Waals surface area contributed by atoms with Crippen molar-refractivity contribution < 1.29 is 9.59 Å². The molecule has 0 aliphatic carbocycles. The predicted molar refractivity (Wildman–Crippen MR) is 108 cm³/mol. The number of hydrogen-bond donors (Lipinski definition) is 2. The number of fused-ring (bicyclic) bond motifs is 1. The Kier molecular flexibility index (Phi) is 5.60. The lowest BCUT2D eigenvalue weighted by molar-refractivity contribution is -0.130. The van der Waals surface area contributed by atoms with Crippen molar-refractivity contribution in [3.63, 3.8) is 0 Å². The Balaban J connectivity index is 1.53. The van der Waals surface area contributed by atoms with E-state index in [4.69, 9.17) is 0 Å². The number of aryl methyl sites for hydroxylation is 2. The Labute approximate surface area is 159 Å². The zero-order valence-corrected chi connectivity index (χ0v) is 16.0. The number of amides is 2. The highest BCUT2D eigenvalue weighted by molar-refractivity contribution is 5.99. The van der Waals surface area contributed by atoms with Crippen molar-refractivity contribution in [2.24, 2.45) is 0 Å². The van der Waals surface area contributed by atoms with Crippen LogP contribution in [0.5, 0.6) is 0 Å². The van der Waals surface area contributed by atoms with Crippen molar-refractivity contribution in [2.45, 2.75) is 26.8 Å². The molecule has 0 aliphatic heterocycles. The number of nitrogens with zero attached hydrogens (tertiary/aromatic N) is 1. The summed E-state index contributed by atoms with van der Waals surface area (Å²) >= 11 is 0. The molecule has 0 saturated heterocycles. The lowest BCUT2D eigenvalue weighted by atomic mass is 10.1. The molecular formula is C22H25N3O2. The van der Waals surface area contributed by atoms with E-state index in [0.29, 0.717) is 18.8 Å². The lowest BCUT2D eigenvalue weighted by Crippen LogP contribution is -2.32. The molecule has 0 bridgehead atoms. The number of nitrogens with one attached hydrogen (secondary N) is 2. The van der Waals surface area contributed by atoms with Gasteiger partial charge in [-0.15, -0.1) is 0 Å². The first kappa shape index (κ1) is 18.7. The first-order valence-electron chi connectivity index (χ1n) is 9.10. The van der Waals surface area contributed by atoms with Crippen molar-refractivity contribution >= 4 is 22.7 Å². The van der Waals surface area contributed by atoms with Crippen molar-refractivity contribution in [1.29, 1.82) is 0 Å². The molecule has 27 heavy (non-hydrogen) atoms. The number of H-pyrrole nitrogens is 1. The number of aromatic amines is 1. The minimum Gasteiger partial charge on any atom is -0.351 e. The van der Waals surface area contributed by atoms with Crippen molar-refractivity contribution in [1.82, 2.24) is 15.2 Å². The highest BCUT2D eigenvalue weighted by Gasteiger charge is 2.13. The highest BCUT2D eigenvalue weighted by Crippen LogP contribution is 2.22. The molecule has 5 heteroatoms. The van der Waals surface area contributed by atoms with E-state index in [2.05, 4.69) is 24.1 Å². The third-order valence-electron chi connectivity index (χ3n) is 4.90. The summed E-state index contributed by atoms with van der Waals surface area (Å²) in [6.45, 7) is 4.98. The van der Waals surface area contributed by atoms with Crippen LogP contribution < -0.4 is 5.32 Å². The van der Waals surface area contributed by atoms with Crippen molar-refractivity contribution in [3.05, 3.63) is 70.9 Å². The number of carbonyl (C=O) groups excluding carboxylic acids is 2. The molecule has 1 heterocycles. The van der Waals surface area contributed by atoms with Gasteiger partial charge < -0.3 is 15.2 Å². The molecule has 0 aliphatic rings. The van der Waals surface area contributed by atoms with Crippen molar-refractivity contribution in [2.75, 3.05) is 13.6 Å². The minimum atomic E-state index is -0.193. The van der Waals surface area contributed by atoms with E-state index in [1.165, 1.54) is 11.1 Å². The molecular weight excluding hydrogens is 338 g/mol. The van der Waals surface area contributed by atoms with Gasteiger partial charge in [-0.3, -0.25) is 9.59 Å². The maximum absolute atomic E-state index is 12.4. The Hall–Kier alpha value is -3.08. The first-order chi connectivity index (χ1) is 13.0. The zero-order chi connectivity index (χ0) is 19.4. The molecule has 0 unspecified atom stereocenters. The van der Waals surface area contributed by atoms with Crippen LogP contribution in [-0.4, -0.2) is 35.3 Å². The van der Waals surface area contributed by atoms with Crippen molar-refractivity contribution in [3.8, 4) is 0 Å². The number of benzene rings is 2. The van der Waals surface area contributed by atoms with Gasteiger partial charge in [-0.1, -0.05) is 36.4 Å². The van der Waals surface area contributed by atoms with Crippen LogP contribution in [0.1, 0.15) is 33.6 Å². The van der Waals surface area contributed by atoms with Crippen LogP contribution >= 0.6 is 0 Å². The third-order valence-corrected chi connectivity index (χ3v) is 4.90. The Bertz CT molecular complexity index is 960. The SMILES string of the molecule is Cc1ccc2[nH]c(C(=O)NCCC(=O)N(C)Cc3ccccc3)cc2c1C. The summed E-state index contributed by atoms with van der Waals surface area (Å²) < 4.78 is 0. The average molecular weight is 363 g/mol. The molecule has 0 saturated carbocycles. The number of aromatic nitrogens is 1. The van der Waals surface area contributed by atoms with Gasteiger partial charge in [0, 0.05) is 37.5 Å². The van der Waals surface area contributed by atoms with Crippen LogP contribution in [0, 0.1) is 13.8 Å². The van der Waals surface area contributed by atoms with Crippen LogP contribution in [0.2, 0.25) is 0 Å². The predicted octanol–water partition coefficient (Wildman–Crippen LogP) is 3.56. The fraction of sp³-hybridized carbons (Fsp3) is 0.273. The molecule has 3 aromatic rings. The summed E-state index contributed by atoms with van der Waals surface area (Å²) in [7, 11) is 1.78. The summed E-state index contributed by atoms with van der Waals surface area (Å²) in [6.07, 6.45) is 0.271. The molecule has 2 amide bonds. The van der Waals surface area contributed by atoms with Crippen LogP contribution in [0.25, 0.3) is 10.9 Å². The molecule has 1 aromatic heterocycles. The normalized spacial score (nSPS) is 10.8. The topological polar surface area (TPSA) is 65.2 Å². The van der Waals surface area contributed by atoms with E-state index in [1.807, 2.05) is 48.5 Å². The van der Waals surface area contributed by atoms with E-state index in [9.17, 15) is 9.59 Å². The fourth-order valence-corrected chi connectivity index (χ4v) is 3.09. The van der Waals surface area contributed by atoms with Crippen LogP contribution in [0.15, 0.2) is 48.5 Å². The van der Waals surface area contributed by atoms with Gasteiger partial charge in [-0.05, 0) is 42.7 Å². The molecule has 2 N–H and O–H groups in total. The first-order valence-corrected chi connectivity index (χ1v) is 9.10. The van der Waals surface area contributed by atoms with E-state index < -0.39 is 0 Å². The van der Waals surface area contributed by atoms with Crippen LogP contribution in [-0.2, 0) is 11.3 Å². The maximum atomic E-state index is 12.4. The summed E-state index contributed by atoms with van der Waals surface area (Å²) in [6, 6.07) is 15.7. The smallest absolute Gasteiger partial charge is 0.267 e. The molecule has 0 atom stereocenters. The summed E-state index contributed by atoms with van der Waals surface area (Å²) in [5, 5.41) is 3.88. The second-order valence-electron chi connectivity index (χ2n) is 6.89. The van der Waals surface area contributed by atoms with E-state index in [1.54, 1.807) is 11.9 Å². The van der Waals surface area contributed by atoms with E-state index in [0.717, 1.165) is 16.5 Å². The molecule has 140 valence electrons. The van der Waals surface area contributed by atoms with Gasteiger partial charge in [-0.25, -0.2) is 0 Å². The van der Waals surface area contributed by atoms with E-state index in [-0.39, 0.29) is 18.2 Å². The molecule has 0 fully saturated rings. The number of hydrogen-bond acceptors (Lipinski definition) is 2. The van der Waals surface area contributed by atoms with Gasteiger partial charge in [0.2, 0.25) is 5.91 Å². The van der Waals surface area contributed by atoms with E-state index >= 15 is 0 Å². The monoisotopic (exact) mass is 363 g/mol. The van der Waals surface area contributed by atoms with Gasteiger partial charge in [0.1, 0.15) is 5.69 Å². The fourth-order valence-electron chi connectivity index (χ4n) is 3.09. The quantitative estimate of drug-likeness (QED) is 0.703. The van der Waals surface area contributed by atoms with Crippen LogP contribution in [0.4, 0.5) is 0 Å². The molecule has 3 rings (SSSR count). The molecule has 2 aromatic carbocycles. The second kappa shape index (κ2) is 8.08. The lowest BCUT2D eigenvalue weighted by Gasteiger charge is -2.17. The largest absolute Gasteiger partial charge is 0.351 e. The Morgan fingerprint density at radius 2 is 1.81 bits per heavy atom. The summed E-state index contributed by atoms with van der Waals surface area (Å²) in [4.78, 5) is 29.5. The highest BCUT2D eigenvalue weighted by atomic mass is 16.2. The van der Waals surface area contributed by atoms with Gasteiger partial charge >= 0.3 is 0 Å². The minimum absolute atomic E-state index is 0.00210.